The van der Waals surface area contributed by atoms with Crippen molar-refractivity contribution < 1.29 is 19.0 Å². The summed E-state index contributed by atoms with van der Waals surface area (Å²) >= 11 is 0. The highest BCUT2D eigenvalue weighted by atomic mass is 19.1. The molecule has 0 bridgehead atoms. The Balaban J connectivity index is 1.69. The second-order valence-electron chi connectivity index (χ2n) is 6.04. The average Bonchev–Trinajstić information content (AvgIpc) is 2.72. The second kappa shape index (κ2) is 8.65. The quantitative estimate of drug-likeness (QED) is 0.478. The highest BCUT2D eigenvalue weighted by Crippen LogP contribution is 2.21. The minimum atomic E-state index is -0.979. The Morgan fingerprint density at radius 1 is 1.04 bits per heavy atom. The lowest BCUT2D eigenvalue weighted by Gasteiger charge is -2.07. The van der Waals surface area contributed by atoms with E-state index in [9.17, 15) is 14.4 Å². The first-order valence-electron chi connectivity index (χ1n) is 8.48. The van der Waals surface area contributed by atoms with E-state index in [4.69, 9.17) is 9.84 Å². The lowest BCUT2D eigenvalue weighted by molar-refractivity contribution is 0.0696. The minimum absolute atomic E-state index is 0.214. The molecular formula is C23H16FNO3. The highest BCUT2D eigenvalue weighted by molar-refractivity contribution is 5.89. The number of halogens is 1. The number of benzene rings is 3. The Kier molecular flexibility index (Phi) is 5.83. The highest BCUT2D eigenvalue weighted by Gasteiger charge is 2.05. The molecular weight excluding hydrogens is 357 g/mol. The van der Waals surface area contributed by atoms with Gasteiger partial charge in [0.15, 0.2) is 0 Å². The van der Waals surface area contributed by atoms with Crippen LogP contribution in [0.1, 0.15) is 27.0 Å². The van der Waals surface area contributed by atoms with Gasteiger partial charge in [-0.1, -0.05) is 36.4 Å². The molecule has 3 aromatic carbocycles. The molecule has 0 radical (unpaired) electrons. The van der Waals surface area contributed by atoms with Crippen LogP contribution in [-0.4, -0.2) is 11.1 Å². The molecule has 0 fully saturated rings. The largest absolute Gasteiger partial charge is 0.489 e. The second-order valence-corrected chi connectivity index (χ2v) is 6.04. The smallest absolute Gasteiger partial charge is 0.335 e. The number of nitrogens with zero attached hydrogens (tertiary/aromatic N) is 1. The molecule has 4 nitrogen and oxygen atoms in total. The van der Waals surface area contributed by atoms with Gasteiger partial charge in [0.05, 0.1) is 17.2 Å². The molecule has 0 saturated heterocycles. The van der Waals surface area contributed by atoms with Gasteiger partial charge >= 0.3 is 5.97 Å². The fourth-order valence-corrected chi connectivity index (χ4v) is 2.60. The number of hydrogen-bond donors (Lipinski definition) is 1. The number of hydrogen-bond acceptors (Lipinski definition) is 3. The van der Waals surface area contributed by atoms with Gasteiger partial charge in [-0.05, 0) is 59.2 Å². The molecule has 0 heterocycles. The molecule has 0 atom stereocenters. The molecule has 3 rings (SSSR count). The fraction of sp³-hybridized carbons (Fsp3) is 0.0435. The van der Waals surface area contributed by atoms with Crippen molar-refractivity contribution in [3.8, 4) is 11.8 Å². The number of allylic oxidation sites excluding steroid dienone is 1. The Morgan fingerprint density at radius 2 is 1.75 bits per heavy atom. The molecule has 5 heteroatoms. The number of aromatic carboxylic acids is 1. The van der Waals surface area contributed by atoms with Crippen molar-refractivity contribution in [2.24, 2.45) is 0 Å². The van der Waals surface area contributed by atoms with Crippen LogP contribution < -0.4 is 4.74 Å². The molecule has 0 aliphatic carbocycles. The number of nitriles is 1. The van der Waals surface area contributed by atoms with Gasteiger partial charge in [0, 0.05) is 0 Å². The summed E-state index contributed by atoms with van der Waals surface area (Å²) < 4.78 is 18.7. The van der Waals surface area contributed by atoms with Gasteiger partial charge in [-0.25, -0.2) is 9.18 Å². The van der Waals surface area contributed by atoms with Gasteiger partial charge < -0.3 is 9.84 Å². The van der Waals surface area contributed by atoms with Crippen LogP contribution >= 0.6 is 0 Å². The average molecular weight is 373 g/mol. The van der Waals surface area contributed by atoms with Gasteiger partial charge in [0.1, 0.15) is 18.2 Å². The molecule has 1 N–H and O–H groups in total. The van der Waals surface area contributed by atoms with E-state index in [2.05, 4.69) is 6.07 Å². The molecule has 138 valence electrons. The number of carbonyl (C=O) groups is 1. The summed E-state index contributed by atoms with van der Waals surface area (Å²) in [7, 11) is 0. The van der Waals surface area contributed by atoms with Crippen molar-refractivity contribution in [2.45, 2.75) is 6.61 Å². The predicted octanol–water partition coefficient (Wildman–Crippen LogP) is 5.17. The van der Waals surface area contributed by atoms with Gasteiger partial charge in [-0.2, -0.15) is 5.26 Å². The van der Waals surface area contributed by atoms with Gasteiger partial charge in [-0.3, -0.25) is 0 Å². The van der Waals surface area contributed by atoms with Gasteiger partial charge in [0.2, 0.25) is 0 Å². The zero-order chi connectivity index (χ0) is 19.9. The number of carboxylic acid groups (broad SMARTS) is 1. The first-order valence-corrected chi connectivity index (χ1v) is 8.48. The third-order valence-electron chi connectivity index (χ3n) is 4.05. The molecule has 0 saturated carbocycles. The van der Waals surface area contributed by atoms with E-state index in [0.29, 0.717) is 16.9 Å². The van der Waals surface area contributed by atoms with Crippen LogP contribution in [0.15, 0.2) is 72.8 Å². The van der Waals surface area contributed by atoms with E-state index in [0.717, 1.165) is 11.1 Å². The zero-order valence-electron chi connectivity index (χ0n) is 14.8. The van der Waals surface area contributed by atoms with Crippen molar-refractivity contribution in [1.82, 2.24) is 0 Å². The maximum Gasteiger partial charge on any atom is 0.335 e. The van der Waals surface area contributed by atoms with E-state index in [1.165, 1.54) is 18.2 Å². The van der Waals surface area contributed by atoms with E-state index in [1.54, 1.807) is 48.5 Å². The lowest BCUT2D eigenvalue weighted by Crippen LogP contribution is -2.00. The molecule has 0 aliphatic rings. The van der Waals surface area contributed by atoms with Crippen LogP contribution in [0.4, 0.5) is 4.39 Å². The van der Waals surface area contributed by atoms with E-state index >= 15 is 0 Å². The van der Waals surface area contributed by atoms with Crippen molar-refractivity contribution in [2.75, 3.05) is 0 Å². The number of ether oxygens (including phenoxy) is 1. The molecule has 0 unspecified atom stereocenters. The van der Waals surface area contributed by atoms with Gasteiger partial charge in [0.25, 0.3) is 0 Å². The third kappa shape index (κ3) is 4.83. The van der Waals surface area contributed by atoms with Crippen molar-refractivity contribution in [3.05, 3.63) is 101 Å². The first kappa shape index (κ1) is 18.9. The van der Waals surface area contributed by atoms with E-state index in [-0.39, 0.29) is 18.0 Å². The Hall–Kier alpha value is -3.91. The molecule has 0 spiro atoms. The Morgan fingerprint density at radius 3 is 2.39 bits per heavy atom. The number of rotatable bonds is 6. The van der Waals surface area contributed by atoms with Crippen LogP contribution in [0.25, 0.3) is 11.6 Å². The Labute approximate surface area is 161 Å². The van der Waals surface area contributed by atoms with Crippen LogP contribution in [0.5, 0.6) is 5.75 Å². The van der Waals surface area contributed by atoms with Crippen LogP contribution in [0.2, 0.25) is 0 Å². The van der Waals surface area contributed by atoms with E-state index < -0.39 is 5.97 Å². The van der Waals surface area contributed by atoms with E-state index in [1.807, 2.05) is 12.1 Å². The molecule has 0 amide bonds. The summed E-state index contributed by atoms with van der Waals surface area (Å²) in [6.07, 6.45) is 1.72. The van der Waals surface area contributed by atoms with Gasteiger partial charge in [-0.15, -0.1) is 0 Å². The van der Waals surface area contributed by atoms with Crippen molar-refractivity contribution >= 4 is 17.6 Å². The van der Waals surface area contributed by atoms with Crippen molar-refractivity contribution in [1.29, 1.82) is 5.26 Å². The molecule has 0 aromatic heterocycles. The van der Waals surface area contributed by atoms with Crippen molar-refractivity contribution in [3.63, 3.8) is 0 Å². The van der Waals surface area contributed by atoms with Crippen LogP contribution in [0.3, 0.4) is 0 Å². The fourth-order valence-electron chi connectivity index (χ4n) is 2.60. The third-order valence-corrected chi connectivity index (χ3v) is 4.05. The van der Waals surface area contributed by atoms with Crippen LogP contribution in [0, 0.1) is 17.1 Å². The SMILES string of the molecule is N#C/C(=C\c1ccc(OCc2cccc(C(=O)O)c2)cc1)c1ccc(F)cc1. The minimum Gasteiger partial charge on any atom is -0.489 e. The molecule has 3 aromatic rings. The standard InChI is InChI=1S/C23H16FNO3/c24-21-8-6-18(7-9-21)20(14-25)12-16-4-10-22(11-5-16)28-15-17-2-1-3-19(13-17)23(26)27/h1-13H,15H2,(H,26,27)/b20-12+. The zero-order valence-corrected chi connectivity index (χ0v) is 14.8. The molecule has 28 heavy (non-hydrogen) atoms. The number of carboxylic acids is 1. The summed E-state index contributed by atoms with van der Waals surface area (Å²) in [5.74, 6) is -0.706. The summed E-state index contributed by atoms with van der Waals surface area (Å²) in [5, 5.41) is 18.4. The van der Waals surface area contributed by atoms with Crippen LogP contribution in [-0.2, 0) is 6.61 Å². The summed E-state index contributed by atoms with van der Waals surface area (Å²) in [5.41, 5.74) is 2.85. The summed E-state index contributed by atoms with van der Waals surface area (Å²) in [6, 6.07) is 21.6. The Bertz CT molecular complexity index is 1050. The summed E-state index contributed by atoms with van der Waals surface area (Å²) in [6.45, 7) is 0.245. The maximum atomic E-state index is 13.0. The predicted molar refractivity (Wildman–Crippen MR) is 104 cm³/mol. The first-order chi connectivity index (χ1) is 13.5. The lowest BCUT2D eigenvalue weighted by atomic mass is 10.0. The normalized spacial score (nSPS) is 10.9. The monoisotopic (exact) mass is 373 g/mol. The summed E-state index contributed by atoms with van der Waals surface area (Å²) in [4.78, 5) is 11.0. The maximum absolute atomic E-state index is 13.0. The molecule has 0 aliphatic heterocycles. The topological polar surface area (TPSA) is 70.3 Å².